The highest BCUT2D eigenvalue weighted by molar-refractivity contribution is 6.42. The first-order valence-electron chi connectivity index (χ1n) is 9.22. The Morgan fingerprint density at radius 3 is 2.77 bits per heavy atom. The van der Waals surface area contributed by atoms with E-state index in [1.165, 1.54) is 22.9 Å². The summed E-state index contributed by atoms with van der Waals surface area (Å²) in [5.41, 5.74) is 4.73. The lowest BCUT2D eigenvalue weighted by Gasteiger charge is -2.32. The highest BCUT2D eigenvalue weighted by Crippen LogP contribution is 2.42. The van der Waals surface area contributed by atoms with Gasteiger partial charge >= 0.3 is 0 Å². The molecule has 1 atom stereocenters. The molecule has 1 fully saturated rings. The van der Waals surface area contributed by atoms with Crippen molar-refractivity contribution in [1.29, 1.82) is 0 Å². The molecule has 2 heterocycles. The normalized spacial score (nSPS) is 18.6. The van der Waals surface area contributed by atoms with E-state index in [0.717, 1.165) is 0 Å². The lowest BCUT2D eigenvalue weighted by molar-refractivity contribution is -0.118. The second-order valence-electron chi connectivity index (χ2n) is 7.25. The molecule has 1 aliphatic heterocycles. The molecule has 0 spiro atoms. The molecule has 1 aliphatic rings. The van der Waals surface area contributed by atoms with Gasteiger partial charge in [-0.05, 0) is 35.7 Å². The van der Waals surface area contributed by atoms with Gasteiger partial charge in [0.25, 0.3) is 5.56 Å². The minimum absolute atomic E-state index is 0.124. The van der Waals surface area contributed by atoms with E-state index < -0.39 is 17.3 Å². The van der Waals surface area contributed by atoms with Gasteiger partial charge in [-0.15, -0.1) is 0 Å². The van der Waals surface area contributed by atoms with Crippen molar-refractivity contribution in [2.24, 2.45) is 5.73 Å². The Bertz CT molecular complexity index is 1210. The molecule has 0 unspecified atom stereocenters. The third kappa shape index (κ3) is 3.64. The predicted molar refractivity (Wildman–Crippen MR) is 115 cm³/mol. The summed E-state index contributed by atoms with van der Waals surface area (Å²) in [5, 5.41) is 4.78. The van der Waals surface area contributed by atoms with Crippen LogP contribution in [0.4, 0.5) is 10.1 Å². The average Bonchev–Trinajstić information content (AvgIpc) is 3.16. The Morgan fingerprint density at radius 2 is 2.07 bits per heavy atom. The van der Waals surface area contributed by atoms with Crippen molar-refractivity contribution in [3.05, 3.63) is 74.4 Å². The molecule has 1 amide bonds. The lowest BCUT2D eigenvalue weighted by atomic mass is 9.88. The Balaban J connectivity index is 1.80. The maximum Gasteiger partial charge on any atom is 0.258 e. The standard InChI is InChI=1S/C21H18Cl2FN3O3/c22-15-3-4-16(24)18(19(15)23)21(6-8-30-11-21)26-13-2-1-12-5-7-27(10-17(25)28)20(29)14(12)9-13/h1-5,7,9,26H,6,8,10-11H2,(H2,25,28)/t21-/m0/s1. The van der Waals surface area contributed by atoms with Crippen LogP contribution in [-0.4, -0.2) is 23.7 Å². The summed E-state index contributed by atoms with van der Waals surface area (Å²) in [7, 11) is 0. The number of hydrogen-bond acceptors (Lipinski definition) is 4. The van der Waals surface area contributed by atoms with Crippen LogP contribution in [0.3, 0.4) is 0 Å². The van der Waals surface area contributed by atoms with Crippen molar-refractivity contribution in [1.82, 2.24) is 4.57 Å². The van der Waals surface area contributed by atoms with E-state index in [1.54, 1.807) is 24.3 Å². The van der Waals surface area contributed by atoms with Gasteiger partial charge in [-0.3, -0.25) is 9.59 Å². The first-order chi connectivity index (χ1) is 14.3. The molecule has 4 rings (SSSR count). The maximum absolute atomic E-state index is 14.8. The molecule has 1 saturated heterocycles. The molecule has 3 N–H and O–H groups in total. The van der Waals surface area contributed by atoms with Crippen molar-refractivity contribution in [2.45, 2.75) is 18.5 Å². The number of pyridine rings is 1. The fraction of sp³-hybridized carbons (Fsp3) is 0.238. The summed E-state index contributed by atoms with van der Waals surface area (Å²) in [6.07, 6.45) is 1.98. The molecule has 3 aromatic rings. The van der Waals surface area contributed by atoms with Crippen LogP contribution in [-0.2, 0) is 21.6 Å². The Labute approximate surface area is 181 Å². The number of carbonyl (C=O) groups is 1. The van der Waals surface area contributed by atoms with Crippen LogP contribution in [0.25, 0.3) is 10.8 Å². The number of hydrogen-bond donors (Lipinski definition) is 2. The number of primary amides is 1. The lowest BCUT2D eigenvalue weighted by Crippen LogP contribution is -2.37. The molecule has 0 saturated carbocycles. The summed E-state index contributed by atoms with van der Waals surface area (Å²) in [4.78, 5) is 24.0. The zero-order chi connectivity index (χ0) is 21.5. The SMILES string of the molecule is NC(=O)Cn1ccc2ccc(N[C@@]3(c4c(F)ccc(Cl)c4Cl)CCOC3)cc2c1=O. The topological polar surface area (TPSA) is 86.3 Å². The van der Waals surface area contributed by atoms with Gasteiger partial charge in [0.1, 0.15) is 12.4 Å². The fourth-order valence-electron chi connectivity index (χ4n) is 3.81. The zero-order valence-corrected chi connectivity index (χ0v) is 17.3. The minimum atomic E-state index is -0.944. The number of aromatic nitrogens is 1. The number of fused-ring (bicyclic) bond motifs is 1. The Kier molecular flexibility index (Phi) is 5.44. The van der Waals surface area contributed by atoms with Crippen molar-refractivity contribution < 1.29 is 13.9 Å². The molecule has 2 aromatic carbocycles. The van der Waals surface area contributed by atoms with Crippen molar-refractivity contribution >= 4 is 45.6 Å². The minimum Gasteiger partial charge on any atom is -0.379 e. The third-order valence-electron chi connectivity index (χ3n) is 5.23. The summed E-state index contributed by atoms with van der Waals surface area (Å²) in [5.74, 6) is -1.11. The average molecular weight is 450 g/mol. The number of rotatable bonds is 5. The van der Waals surface area contributed by atoms with Gasteiger partial charge in [-0.1, -0.05) is 29.3 Å². The van der Waals surface area contributed by atoms with Crippen LogP contribution in [0.5, 0.6) is 0 Å². The second-order valence-corrected chi connectivity index (χ2v) is 8.03. The van der Waals surface area contributed by atoms with Gasteiger partial charge in [-0.25, -0.2) is 4.39 Å². The third-order valence-corrected chi connectivity index (χ3v) is 6.04. The van der Waals surface area contributed by atoms with E-state index in [-0.39, 0.29) is 34.3 Å². The molecule has 0 aliphatic carbocycles. The molecule has 30 heavy (non-hydrogen) atoms. The van der Waals surface area contributed by atoms with Gasteiger partial charge in [0.15, 0.2) is 0 Å². The number of carbonyl (C=O) groups excluding carboxylic acids is 1. The molecule has 1 aromatic heterocycles. The Morgan fingerprint density at radius 1 is 1.27 bits per heavy atom. The van der Waals surface area contributed by atoms with Crippen LogP contribution < -0.4 is 16.6 Å². The smallest absolute Gasteiger partial charge is 0.258 e. The first kappa shape index (κ1) is 20.7. The molecule has 0 bridgehead atoms. The number of benzene rings is 2. The van der Waals surface area contributed by atoms with E-state index in [0.29, 0.717) is 29.5 Å². The molecule has 156 valence electrons. The van der Waals surface area contributed by atoms with Gasteiger partial charge in [0, 0.05) is 35.9 Å². The van der Waals surface area contributed by atoms with Crippen LogP contribution >= 0.6 is 23.2 Å². The zero-order valence-electron chi connectivity index (χ0n) is 15.8. The van der Waals surface area contributed by atoms with Crippen LogP contribution in [0.15, 0.2) is 47.4 Å². The molecule has 9 heteroatoms. The van der Waals surface area contributed by atoms with E-state index >= 15 is 0 Å². The molecule has 6 nitrogen and oxygen atoms in total. The van der Waals surface area contributed by atoms with E-state index in [4.69, 9.17) is 33.7 Å². The second kappa shape index (κ2) is 7.91. The highest BCUT2D eigenvalue weighted by atomic mass is 35.5. The van der Waals surface area contributed by atoms with Gasteiger partial charge in [0.2, 0.25) is 5.91 Å². The van der Waals surface area contributed by atoms with Crippen molar-refractivity contribution in [3.63, 3.8) is 0 Å². The first-order valence-corrected chi connectivity index (χ1v) is 9.98. The van der Waals surface area contributed by atoms with Crippen molar-refractivity contribution in [3.8, 4) is 0 Å². The van der Waals surface area contributed by atoms with E-state index in [1.807, 2.05) is 0 Å². The molecular weight excluding hydrogens is 432 g/mol. The van der Waals surface area contributed by atoms with Gasteiger partial charge < -0.3 is 20.4 Å². The predicted octanol–water partition coefficient (Wildman–Crippen LogP) is 3.66. The van der Waals surface area contributed by atoms with Crippen molar-refractivity contribution in [2.75, 3.05) is 18.5 Å². The van der Waals surface area contributed by atoms with E-state index in [9.17, 15) is 14.0 Å². The summed E-state index contributed by atoms with van der Waals surface area (Å²) in [6.45, 7) is 0.380. The Hall–Kier alpha value is -2.61. The largest absolute Gasteiger partial charge is 0.379 e. The monoisotopic (exact) mass is 449 g/mol. The van der Waals surface area contributed by atoms with Crippen LogP contribution in [0.2, 0.25) is 10.0 Å². The van der Waals surface area contributed by atoms with Gasteiger partial charge in [0.05, 0.1) is 22.2 Å². The van der Waals surface area contributed by atoms with Crippen LogP contribution in [0, 0.1) is 5.82 Å². The summed E-state index contributed by atoms with van der Waals surface area (Å²) < 4.78 is 21.6. The fourth-order valence-corrected chi connectivity index (χ4v) is 4.31. The number of anilines is 1. The quantitative estimate of drug-likeness (QED) is 0.581. The van der Waals surface area contributed by atoms with Crippen LogP contribution in [0.1, 0.15) is 12.0 Å². The number of nitrogens with two attached hydrogens (primary N) is 1. The highest BCUT2D eigenvalue weighted by Gasteiger charge is 2.41. The molecular formula is C21H18Cl2FN3O3. The molecule has 0 radical (unpaired) electrons. The number of amides is 1. The number of halogens is 3. The van der Waals surface area contributed by atoms with E-state index in [2.05, 4.69) is 5.32 Å². The van der Waals surface area contributed by atoms with Gasteiger partial charge in [-0.2, -0.15) is 0 Å². The summed E-state index contributed by atoms with van der Waals surface area (Å²) >= 11 is 12.5. The summed E-state index contributed by atoms with van der Waals surface area (Å²) in [6, 6.07) is 9.62. The maximum atomic E-state index is 14.8. The number of ether oxygens (including phenoxy) is 1. The number of nitrogens with zero attached hydrogens (tertiary/aromatic N) is 1. The number of nitrogens with one attached hydrogen (secondary N) is 1.